The molecule has 1 fully saturated rings. The van der Waals surface area contributed by atoms with E-state index in [9.17, 15) is 9.59 Å². The molecule has 2 aliphatic heterocycles. The summed E-state index contributed by atoms with van der Waals surface area (Å²) in [5.74, 6) is 0.664. The Labute approximate surface area is 208 Å². The van der Waals surface area contributed by atoms with Crippen molar-refractivity contribution in [1.29, 1.82) is 0 Å². The molecular formula is C25H27N7O4. The number of benzene rings is 2. The van der Waals surface area contributed by atoms with Crippen molar-refractivity contribution in [3.8, 4) is 5.75 Å². The Kier molecular flexibility index (Phi) is 6.63. The molecule has 0 radical (unpaired) electrons. The largest absolute Gasteiger partial charge is 0.484 e. The molecule has 1 unspecified atom stereocenters. The second-order valence-electron chi connectivity index (χ2n) is 8.68. The Balaban J connectivity index is 1.35. The highest BCUT2D eigenvalue weighted by Crippen LogP contribution is 2.35. The first kappa shape index (κ1) is 23.5. The van der Waals surface area contributed by atoms with Crippen molar-refractivity contribution in [2.24, 2.45) is 0 Å². The van der Waals surface area contributed by atoms with E-state index in [-0.39, 0.29) is 18.4 Å². The Hall–Kier alpha value is -4.25. The Bertz CT molecular complexity index is 1280. The highest BCUT2D eigenvalue weighted by Gasteiger charge is 2.34. The lowest BCUT2D eigenvalue weighted by atomic mass is 9.95. The fourth-order valence-electron chi connectivity index (χ4n) is 4.25. The smallest absolute Gasteiger partial charge is 0.260 e. The number of ether oxygens (including phenoxy) is 2. The molecule has 3 aromatic rings. The van der Waals surface area contributed by atoms with Gasteiger partial charge in [0.05, 0.1) is 18.8 Å². The maximum absolute atomic E-state index is 13.4. The molecule has 36 heavy (non-hydrogen) atoms. The van der Waals surface area contributed by atoms with Crippen molar-refractivity contribution in [3.63, 3.8) is 0 Å². The van der Waals surface area contributed by atoms with Gasteiger partial charge in [0, 0.05) is 24.5 Å². The molecule has 2 amide bonds. The summed E-state index contributed by atoms with van der Waals surface area (Å²) in [5, 5.41) is 18.0. The number of morpholine rings is 1. The van der Waals surface area contributed by atoms with E-state index in [4.69, 9.17) is 9.47 Å². The van der Waals surface area contributed by atoms with Gasteiger partial charge < -0.3 is 25.0 Å². The number of nitrogens with one attached hydrogen (secondary N) is 2. The highest BCUT2D eigenvalue weighted by molar-refractivity contribution is 6.06. The van der Waals surface area contributed by atoms with Gasteiger partial charge in [0.15, 0.2) is 6.61 Å². The summed E-state index contributed by atoms with van der Waals surface area (Å²) in [5.41, 5.74) is 3.74. The van der Waals surface area contributed by atoms with Gasteiger partial charge in [-0.3, -0.25) is 9.59 Å². The van der Waals surface area contributed by atoms with Gasteiger partial charge in [-0.15, -0.1) is 0 Å². The van der Waals surface area contributed by atoms with E-state index in [1.165, 1.54) is 0 Å². The zero-order chi connectivity index (χ0) is 25.1. The van der Waals surface area contributed by atoms with E-state index < -0.39 is 6.04 Å². The van der Waals surface area contributed by atoms with Gasteiger partial charge in [0.1, 0.15) is 11.8 Å². The molecule has 1 atom stereocenters. The predicted molar refractivity (Wildman–Crippen MR) is 131 cm³/mol. The van der Waals surface area contributed by atoms with Crippen LogP contribution in [0, 0.1) is 6.92 Å². The average Bonchev–Trinajstić information content (AvgIpc) is 3.36. The average molecular weight is 490 g/mol. The van der Waals surface area contributed by atoms with Gasteiger partial charge in [0.25, 0.3) is 11.8 Å². The molecule has 11 nitrogen and oxygen atoms in total. The molecule has 3 heterocycles. The van der Waals surface area contributed by atoms with Crippen molar-refractivity contribution in [1.82, 2.24) is 25.1 Å². The molecule has 11 heteroatoms. The summed E-state index contributed by atoms with van der Waals surface area (Å²) in [6, 6.07) is 14.3. The highest BCUT2D eigenvalue weighted by atomic mass is 16.5. The number of anilines is 2. The monoisotopic (exact) mass is 489 g/mol. The van der Waals surface area contributed by atoms with E-state index in [0.717, 1.165) is 11.1 Å². The van der Waals surface area contributed by atoms with Gasteiger partial charge in [-0.05, 0) is 54.1 Å². The maximum Gasteiger partial charge on any atom is 0.260 e. The molecule has 186 valence electrons. The van der Waals surface area contributed by atoms with Gasteiger partial charge in [0.2, 0.25) is 5.95 Å². The number of nitrogens with zero attached hydrogens (tertiary/aromatic N) is 5. The number of tetrazole rings is 1. The van der Waals surface area contributed by atoms with Crippen molar-refractivity contribution in [2.75, 3.05) is 43.5 Å². The zero-order valence-corrected chi connectivity index (χ0v) is 20.1. The normalized spacial score (nSPS) is 17.3. The lowest BCUT2D eigenvalue weighted by molar-refractivity contribution is -0.137. The number of hydrogen-bond acceptors (Lipinski definition) is 8. The number of hydrogen-bond donors (Lipinski definition) is 2. The number of aromatic nitrogens is 4. The first-order valence-electron chi connectivity index (χ1n) is 11.7. The lowest BCUT2D eigenvalue weighted by Gasteiger charge is -2.28. The fourth-order valence-corrected chi connectivity index (χ4v) is 4.25. The summed E-state index contributed by atoms with van der Waals surface area (Å²) < 4.78 is 12.6. The summed E-state index contributed by atoms with van der Waals surface area (Å²) in [4.78, 5) is 27.5. The third-order valence-electron chi connectivity index (χ3n) is 6.19. The van der Waals surface area contributed by atoms with Crippen molar-refractivity contribution in [3.05, 3.63) is 70.9 Å². The maximum atomic E-state index is 13.4. The van der Waals surface area contributed by atoms with Gasteiger partial charge in [-0.2, -0.15) is 4.68 Å². The molecule has 0 bridgehead atoms. The minimum atomic E-state index is -0.550. The number of carbonyl (C=O) groups excluding carboxylic acids is 2. The Morgan fingerprint density at radius 1 is 1.08 bits per heavy atom. The van der Waals surface area contributed by atoms with Gasteiger partial charge in [-0.1, -0.05) is 34.9 Å². The predicted octanol–water partition coefficient (Wildman–Crippen LogP) is 2.15. The molecule has 1 aromatic heterocycles. The summed E-state index contributed by atoms with van der Waals surface area (Å²) in [7, 11) is 0. The third-order valence-corrected chi connectivity index (χ3v) is 6.19. The van der Waals surface area contributed by atoms with Crippen LogP contribution in [-0.4, -0.2) is 69.8 Å². The van der Waals surface area contributed by atoms with E-state index >= 15 is 0 Å². The second-order valence-corrected chi connectivity index (χ2v) is 8.68. The van der Waals surface area contributed by atoms with Crippen LogP contribution in [0.15, 0.2) is 59.8 Å². The molecule has 0 aliphatic carbocycles. The topological polar surface area (TPSA) is 124 Å². The summed E-state index contributed by atoms with van der Waals surface area (Å²) >= 11 is 0. The van der Waals surface area contributed by atoms with Crippen LogP contribution < -0.4 is 15.4 Å². The fraction of sp³-hybridized carbons (Fsp3) is 0.320. The molecule has 0 saturated carbocycles. The molecule has 5 rings (SSSR count). The molecular weight excluding hydrogens is 462 g/mol. The number of fused-ring (bicyclic) bond motifs is 1. The zero-order valence-electron chi connectivity index (χ0n) is 20.1. The standard InChI is InChI=1S/C25H27N7O4/c1-16-3-7-19(8-4-16)27-24(34)22-17(2)26-25-28-29-30-32(25)23(22)18-5-9-20(10-6-18)36-15-21(33)31-11-13-35-14-12-31/h3-10,23H,11-15H2,1-2H3,(H,27,34)(H,26,28,30). The number of carbonyl (C=O) groups is 2. The van der Waals surface area contributed by atoms with Crippen LogP contribution >= 0.6 is 0 Å². The van der Waals surface area contributed by atoms with Crippen LogP contribution in [0.5, 0.6) is 5.75 Å². The van der Waals surface area contributed by atoms with E-state index in [1.54, 1.807) is 21.7 Å². The number of rotatable bonds is 6. The van der Waals surface area contributed by atoms with Crippen LogP contribution in [0.25, 0.3) is 0 Å². The molecule has 2 aliphatic rings. The lowest BCUT2D eigenvalue weighted by Crippen LogP contribution is -2.42. The molecule has 0 spiro atoms. The van der Waals surface area contributed by atoms with Gasteiger partial charge in [-0.25, -0.2) is 0 Å². The minimum Gasteiger partial charge on any atom is -0.484 e. The van der Waals surface area contributed by atoms with Crippen LogP contribution in [-0.2, 0) is 14.3 Å². The Morgan fingerprint density at radius 3 is 2.53 bits per heavy atom. The van der Waals surface area contributed by atoms with Crippen LogP contribution in [0.3, 0.4) is 0 Å². The van der Waals surface area contributed by atoms with Crippen molar-refractivity contribution >= 4 is 23.5 Å². The molecule has 2 aromatic carbocycles. The van der Waals surface area contributed by atoms with E-state index in [0.29, 0.717) is 55.0 Å². The van der Waals surface area contributed by atoms with Crippen molar-refractivity contribution < 1.29 is 19.1 Å². The first-order chi connectivity index (χ1) is 17.5. The summed E-state index contributed by atoms with van der Waals surface area (Å²) in [6.45, 7) is 6.00. The van der Waals surface area contributed by atoms with Crippen molar-refractivity contribution in [2.45, 2.75) is 19.9 Å². The second kappa shape index (κ2) is 10.2. The molecule has 2 N–H and O–H groups in total. The van der Waals surface area contributed by atoms with E-state index in [1.807, 2.05) is 50.2 Å². The summed E-state index contributed by atoms with van der Waals surface area (Å²) in [6.07, 6.45) is 0. The first-order valence-corrected chi connectivity index (χ1v) is 11.7. The third kappa shape index (κ3) is 4.91. The van der Waals surface area contributed by atoms with Gasteiger partial charge >= 0.3 is 0 Å². The van der Waals surface area contributed by atoms with E-state index in [2.05, 4.69) is 26.2 Å². The quantitative estimate of drug-likeness (QED) is 0.540. The number of aryl methyl sites for hydroxylation is 1. The SMILES string of the molecule is CC1=C(C(=O)Nc2ccc(C)cc2)C(c2ccc(OCC(=O)N3CCOCC3)cc2)n2nnnc2N1. The van der Waals surface area contributed by atoms with Crippen LogP contribution in [0.4, 0.5) is 11.6 Å². The Morgan fingerprint density at radius 2 is 1.81 bits per heavy atom. The number of amides is 2. The number of allylic oxidation sites excluding steroid dienone is 1. The van der Waals surface area contributed by atoms with Crippen LogP contribution in [0.2, 0.25) is 0 Å². The van der Waals surface area contributed by atoms with Crippen LogP contribution in [0.1, 0.15) is 24.1 Å². The molecule has 1 saturated heterocycles. The minimum absolute atomic E-state index is 0.0486.